The molecule has 17 heavy (non-hydrogen) atoms. The molecule has 1 aromatic rings. The number of benzene rings is 1. The summed E-state index contributed by atoms with van der Waals surface area (Å²) in [5.74, 6) is 1.02. The van der Waals surface area contributed by atoms with Crippen LogP contribution in [-0.2, 0) is 4.74 Å². The minimum atomic E-state index is -0.269. The van der Waals surface area contributed by atoms with Crippen LogP contribution in [0.5, 0.6) is 5.75 Å². The van der Waals surface area contributed by atoms with Gasteiger partial charge < -0.3 is 14.4 Å². The van der Waals surface area contributed by atoms with Crippen LogP contribution in [0.2, 0.25) is 0 Å². The molecule has 1 aliphatic heterocycles. The molecule has 1 atom stereocenters. The molecule has 1 amide bonds. The maximum absolute atomic E-state index is 11.8. The molecule has 0 spiro atoms. The van der Waals surface area contributed by atoms with Gasteiger partial charge in [-0.3, -0.25) is 0 Å². The average molecular weight is 235 g/mol. The maximum atomic E-state index is 11.8. The molecule has 1 heterocycles. The van der Waals surface area contributed by atoms with E-state index in [-0.39, 0.29) is 6.09 Å². The number of methoxy groups -OCH3 is 1. The lowest BCUT2D eigenvalue weighted by Crippen LogP contribution is -2.31. The van der Waals surface area contributed by atoms with Crippen LogP contribution >= 0.6 is 0 Å². The largest absolute Gasteiger partial charge is 0.415 e. The summed E-state index contributed by atoms with van der Waals surface area (Å²) in [7, 11) is 1.69. The van der Waals surface area contributed by atoms with Gasteiger partial charge in [-0.1, -0.05) is 18.2 Å². The van der Waals surface area contributed by atoms with Crippen LogP contribution in [0, 0.1) is 5.92 Å². The number of nitrogens with zero attached hydrogens (tertiary/aromatic N) is 1. The average Bonchev–Trinajstić information content (AvgIpc) is 2.79. The van der Waals surface area contributed by atoms with Gasteiger partial charge in [0.2, 0.25) is 0 Å². The van der Waals surface area contributed by atoms with Gasteiger partial charge in [0, 0.05) is 26.1 Å². The standard InChI is InChI=1S/C13H17NO3/c1-16-10-11-7-8-14(9-11)13(15)17-12-5-3-2-4-6-12/h2-6,11H,7-10H2,1H3. The summed E-state index contributed by atoms with van der Waals surface area (Å²) >= 11 is 0. The highest BCUT2D eigenvalue weighted by Crippen LogP contribution is 2.18. The third kappa shape index (κ3) is 3.20. The van der Waals surface area contributed by atoms with E-state index in [1.54, 1.807) is 24.1 Å². The second-order valence-corrected chi connectivity index (χ2v) is 4.24. The smallest absolute Gasteiger partial charge is 0.410 e. The van der Waals surface area contributed by atoms with Crippen molar-refractivity contribution in [3.63, 3.8) is 0 Å². The van der Waals surface area contributed by atoms with Crippen molar-refractivity contribution in [3.8, 4) is 5.75 Å². The molecule has 1 fully saturated rings. The molecule has 2 rings (SSSR count). The van der Waals surface area contributed by atoms with E-state index in [9.17, 15) is 4.79 Å². The van der Waals surface area contributed by atoms with Gasteiger partial charge >= 0.3 is 6.09 Å². The van der Waals surface area contributed by atoms with Crippen molar-refractivity contribution in [2.45, 2.75) is 6.42 Å². The van der Waals surface area contributed by atoms with Crippen molar-refractivity contribution in [2.24, 2.45) is 5.92 Å². The Morgan fingerprint density at radius 2 is 2.18 bits per heavy atom. The van der Waals surface area contributed by atoms with Crippen molar-refractivity contribution in [3.05, 3.63) is 30.3 Å². The summed E-state index contributed by atoms with van der Waals surface area (Å²) in [5, 5.41) is 0. The number of para-hydroxylation sites is 1. The zero-order valence-electron chi connectivity index (χ0n) is 9.96. The Hall–Kier alpha value is -1.55. The van der Waals surface area contributed by atoms with Crippen LogP contribution in [0.3, 0.4) is 0 Å². The molecule has 1 aromatic carbocycles. The third-order valence-electron chi connectivity index (χ3n) is 2.89. The van der Waals surface area contributed by atoms with E-state index in [1.807, 2.05) is 18.2 Å². The fraction of sp³-hybridized carbons (Fsp3) is 0.462. The fourth-order valence-corrected chi connectivity index (χ4v) is 2.02. The maximum Gasteiger partial charge on any atom is 0.415 e. The molecule has 4 heteroatoms. The highest BCUT2D eigenvalue weighted by atomic mass is 16.6. The van der Waals surface area contributed by atoms with Crippen LogP contribution in [0.15, 0.2) is 30.3 Å². The number of amides is 1. The molecule has 0 bridgehead atoms. The zero-order chi connectivity index (χ0) is 12.1. The first-order valence-corrected chi connectivity index (χ1v) is 5.80. The molecule has 0 radical (unpaired) electrons. The topological polar surface area (TPSA) is 38.8 Å². The summed E-state index contributed by atoms with van der Waals surface area (Å²) in [6.45, 7) is 2.17. The molecule has 0 aliphatic carbocycles. The Morgan fingerprint density at radius 3 is 2.88 bits per heavy atom. The SMILES string of the molecule is COCC1CCN(C(=O)Oc2ccccc2)C1. The Labute approximate surface area is 101 Å². The van der Waals surface area contributed by atoms with E-state index >= 15 is 0 Å². The predicted octanol–water partition coefficient (Wildman–Crippen LogP) is 2.15. The first-order valence-electron chi connectivity index (χ1n) is 5.80. The Kier molecular flexibility index (Phi) is 3.98. The summed E-state index contributed by atoms with van der Waals surface area (Å²) in [4.78, 5) is 13.6. The quantitative estimate of drug-likeness (QED) is 0.805. The molecule has 0 aromatic heterocycles. The van der Waals surface area contributed by atoms with E-state index < -0.39 is 0 Å². The molecule has 1 unspecified atom stereocenters. The Morgan fingerprint density at radius 1 is 1.41 bits per heavy atom. The molecule has 4 nitrogen and oxygen atoms in total. The lowest BCUT2D eigenvalue weighted by atomic mass is 10.1. The number of hydrogen-bond acceptors (Lipinski definition) is 3. The van der Waals surface area contributed by atoms with Gasteiger partial charge in [0.1, 0.15) is 5.75 Å². The molecular formula is C13H17NO3. The molecular weight excluding hydrogens is 218 g/mol. The van der Waals surface area contributed by atoms with E-state index in [1.165, 1.54) is 0 Å². The fourth-order valence-electron chi connectivity index (χ4n) is 2.02. The first kappa shape index (κ1) is 11.9. The second kappa shape index (κ2) is 5.68. The minimum absolute atomic E-state index is 0.269. The van der Waals surface area contributed by atoms with Crippen LogP contribution in [0.1, 0.15) is 6.42 Å². The van der Waals surface area contributed by atoms with Crippen LogP contribution < -0.4 is 4.74 Å². The van der Waals surface area contributed by atoms with Gasteiger partial charge in [-0.05, 0) is 18.6 Å². The van der Waals surface area contributed by atoms with E-state index in [2.05, 4.69) is 0 Å². The molecule has 1 aliphatic rings. The number of carbonyl (C=O) groups excluding carboxylic acids is 1. The minimum Gasteiger partial charge on any atom is -0.410 e. The van der Waals surface area contributed by atoms with Crippen LogP contribution in [0.25, 0.3) is 0 Å². The van der Waals surface area contributed by atoms with Gasteiger partial charge in [0.15, 0.2) is 0 Å². The van der Waals surface area contributed by atoms with Gasteiger partial charge in [-0.15, -0.1) is 0 Å². The van der Waals surface area contributed by atoms with Crippen molar-refractivity contribution in [2.75, 3.05) is 26.8 Å². The van der Waals surface area contributed by atoms with Gasteiger partial charge in [0.25, 0.3) is 0 Å². The van der Waals surface area contributed by atoms with Crippen LogP contribution in [0.4, 0.5) is 4.79 Å². The van der Waals surface area contributed by atoms with Crippen LogP contribution in [-0.4, -0.2) is 37.8 Å². The Balaban J connectivity index is 1.85. The summed E-state index contributed by atoms with van der Waals surface area (Å²) in [5.41, 5.74) is 0. The second-order valence-electron chi connectivity index (χ2n) is 4.24. The number of rotatable bonds is 3. The number of carbonyl (C=O) groups is 1. The number of likely N-dealkylation sites (tertiary alicyclic amines) is 1. The molecule has 0 saturated carbocycles. The molecule has 1 saturated heterocycles. The summed E-state index contributed by atoms with van der Waals surface area (Å²) in [6.07, 6.45) is 0.715. The highest BCUT2D eigenvalue weighted by molar-refractivity contribution is 5.70. The van der Waals surface area contributed by atoms with E-state index in [0.717, 1.165) is 19.5 Å². The first-order chi connectivity index (χ1) is 8.29. The van der Waals surface area contributed by atoms with E-state index in [0.29, 0.717) is 18.3 Å². The van der Waals surface area contributed by atoms with Crippen molar-refractivity contribution < 1.29 is 14.3 Å². The Bertz CT molecular complexity index is 366. The van der Waals surface area contributed by atoms with Crippen molar-refractivity contribution >= 4 is 6.09 Å². The predicted molar refractivity (Wildman–Crippen MR) is 64.0 cm³/mol. The molecule has 92 valence electrons. The summed E-state index contributed by atoms with van der Waals surface area (Å²) in [6, 6.07) is 9.14. The highest BCUT2D eigenvalue weighted by Gasteiger charge is 2.27. The lowest BCUT2D eigenvalue weighted by molar-refractivity contribution is 0.142. The summed E-state index contributed by atoms with van der Waals surface area (Å²) < 4.78 is 10.4. The normalized spacial score (nSPS) is 19.4. The van der Waals surface area contributed by atoms with Gasteiger partial charge in [-0.25, -0.2) is 4.79 Å². The number of ether oxygens (including phenoxy) is 2. The lowest BCUT2D eigenvalue weighted by Gasteiger charge is -2.15. The molecule has 0 N–H and O–H groups in total. The number of hydrogen-bond donors (Lipinski definition) is 0. The van der Waals surface area contributed by atoms with Crippen molar-refractivity contribution in [1.29, 1.82) is 0 Å². The third-order valence-corrected chi connectivity index (χ3v) is 2.89. The van der Waals surface area contributed by atoms with E-state index in [4.69, 9.17) is 9.47 Å². The monoisotopic (exact) mass is 235 g/mol. The zero-order valence-corrected chi connectivity index (χ0v) is 9.96. The van der Waals surface area contributed by atoms with Gasteiger partial charge in [-0.2, -0.15) is 0 Å². The van der Waals surface area contributed by atoms with Crippen molar-refractivity contribution in [1.82, 2.24) is 4.90 Å². The van der Waals surface area contributed by atoms with Gasteiger partial charge in [0.05, 0.1) is 6.61 Å².